The summed E-state index contributed by atoms with van der Waals surface area (Å²) in [4.78, 5) is 39.3. The Morgan fingerprint density at radius 1 is 0.794 bits per heavy atom. The van der Waals surface area contributed by atoms with Gasteiger partial charge < -0.3 is 20.3 Å². The van der Waals surface area contributed by atoms with Crippen LogP contribution in [0.2, 0.25) is 0 Å². The molecule has 34 heavy (non-hydrogen) atoms. The van der Waals surface area contributed by atoms with E-state index in [2.05, 4.69) is 10.6 Å². The summed E-state index contributed by atoms with van der Waals surface area (Å²) in [7, 11) is 1.71. The van der Waals surface area contributed by atoms with Crippen molar-refractivity contribution >= 4 is 17.9 Å². The van der Waals surface area contributed by atoms with Gasteiger partial charge in [-0.1, -0.05) is 91.0 Å². The first-order valence-electron chi connectivity index (χ1n) is 11.1. The van der Waals surface area contributed by atoms with Gasteiger partial charge in [0.25, 0.3) is 0 Å². The van der Waals surface area contributed by atoms with E-state index in [1.807, 2.05) is 91.0 Å². The van der Waals surface area contributed by atoms with Gasteiger partial charge in [0.1, 0.15) is 19.2 Å². The van der Waals surface area contributed by atoms with E-state index in [9.17, 15) is 14.4 Å². The third-order valence-electron chi connectivity index (χ3n) is 5.16. The molecule has 0 radical (unpaired) electrons. The second-order valence-electron chi connectivity index (χ2n) is 7.91. The van der Waals surface area contributed by atoms with Gasteiger partial charge in [0.05, 0.1) is 0 Å². The molecule has 0 aliphatic carbocycles. The zero-order valence-corrected chi connectivity index (χ0v) is 19.1. The predicted molar refractivity (Wildman–Crippen MR) is 130 cm³/mol. The fourth-order valence-electron chi connectivity index (χ4n) is 3.42. The Hall–Kier alpha value is -4.13. The third kappa shape index (κ3) is 8.09. The fraction of sp³-hybridized carbons (Fsp3) is 0.222. The average Bonchev–Trinajstić information content (AvgIpc) is 2.87. The van der Waals surface area contributed by atoms with Crippen molar-refractivity contribution in [2.24, 2.45) is 0 Å². The molecular weight excluding hydrogens is 430 g/mol. The topological polar surface area (TPSA) is 87.7 Å². The molecule has 0 bridgehead atoms. The summed E-state index contributed by atoms with van der Waals surface area (Å²) >= 11 is 0. The molecule has 176 valence electrons. The lowest BCUT2D eigenvalue weighted by atomic mass is 10.0. The summed E-state index contributed by atoms with van der Waals surface area (Å²) in [5.74, 6) is -0.688. The molecule has 3 aromatic carbocycles. The summed E-state index contributed by atoms with van der Waals surface area (Å²) in [6, 6.07) is 27.6. The molecule has 3 amide bonds. The number of nitrogens with one attached hydrogen (secondary N) is 2. The van der Waals surface area contributed by atoms with Crippen LogP contribution in [-0.2, 0) is 33.9 Å². The minimum absolute atomic E-state index is 0.105. The molecule has 0 heterocycles. The zero-order valence-electron chi connectivity index (χ0n) is 19.1. The van der Waals surface area contributed by atoms with Crippen LogP contribution in [0, 0.1) is 0 Å². The number of carbonyl (C=O) groups is 3. The smallest absolute Gasteiger partial charge is 0.407 e. The van der Waals surface area contributed by atoms with Crippen LogP contribution >= 0.6 is 0 Å². The van der Waals surface area contributed by atoms with Gasteiger partial charge in [-0.3, -0.25) is 9.59 Å². The van der Waals surface area contributed by atoms with Crippen LogP contribution in [0.4, 0.5) is 4.79 Å². The lowest BCUT2D eigenvalue weighted by Crippen LogP contribution is -2.50. The number of hydrogen-bond donors (Lipinski definition) is 2. The maximum Gasteiger partial charge on any atom is 0.407 e. The van der Waals surface area contributed by atoms with Crippen molar-refractivity contribution in [3.63, 3.8) is 0 Å². The minimum Gasteiger partial charge on any atom is -0.445 e. The molecule has 0 fully saturated rings. The molecule has 0 saturated carbocycles. The maximum atomic E-state index is 13.2. The van der Waals surface area contributed by atoms with Crippen LogP contribution in [0.25, 0.3) is 0 Å². The van der Waals surface area contributed by atoms with Gasteiger partial charge in [0, 0.05) is 20.0 Å². The van der Waals surface area contributed by atoms with Gasteiger partial charge in [-0.25, -0.2) is 4.79 Å². The lowest BCUT2D eigenvalue weighted by molar-refractivity contribution is -0.135. The largest absolute Gasteiger partial charge is 0.445 e. The van der Waals surface area contributed by atoms with E-state index in [0.29, 0.717) is 13.0 Å². The Labute approximate surface area is 199 Å². The number of ether oxygens (including phenoxy) is 1. The highest BCUT2D eigenvalue weighted by molar-refractivity contribution is 5.89. The molecule has 7 heteroatoms. The summed E-state index contributed by atoms with van der Waals surface area (Å²) in [6.07, 6.45) is -0.366. The van der Waals surface area contributed by atoms with Gasteiger partial charge >= 0.3 is 6.09 Å². The number of benzene rings is 3. The number of alkyl carbamates (subject to hydrolysis) is 1. The van der Waals surface area contributed by atoms with Crippen molar-refractivity contribution in [3.8, 4) is 0 Å². The van der Waals surface area contributed by atoms with E-state index in [0.717, 1.165) is 16.7 Å². The summed E-state index contributed by atoms with van der Waals surface area (Å²) in [5, 5.41) is 5.19. The van der Waals surface area contributed by atoms with Gasteiger partial charge in [-0.05, 0) is 16.7 Å². The number of rotatable bonds is 10. The average molecular weight is 460 g/mol. The first kappa shape index (κ1) is 24.5. The van der Waals surface area contributed by atoms with E-state index in [1.54, 1.807) is 11.9 Å². The van der Waals surface area contributed by atoms with E-state index in [1.165, 1.54) is 0 Å². The third-order valence-corrected chi connectivity index (χ3v) is 5.16. The molecule has 0 aliphatic heterocycles. The molecular formula is C27H29N3O4. The second-order valence-corrected chi connectivity index (χ2v) is 7.91. The van der Waals surface area contributed by atoms with Crippen molar-refractivity contribution in [3.05, 3.63) is 108 Å². The van der Waals surface area contributed by atoms with E-state index in [-0.39, 0.29) is 19.1 Å². The van der Waals surface area contributed by atoms with E-state index >= 15 is 0 Å². The normalized spacial score (nSPS) is 11.2. The van der Waals surface area contributed by atoms with Gasteiger partial charge in [-0.2, -0.15) is 0 Å². The Morgan fingerprint density at radius 2 is 1.32 bits per heavy atom. The van der Waals surface area contributed by atoms with Crippen molar-refractivity contribution in [1.29, 1.82) is 0 Å². The quantitative estimate of drug-likeness (QED) is 0.487. The van der Waals surface area contributed by atoms with Crippen molar-refractivity contribution in [2.75, 3.05) is 13.6 Å². The van der Waals surface area contributed by atoms with Crippen molar-refractivity contribution in [2.45, 2.75) is 25.6 Å². The van der Waals surface area contributed by atoms with Gasteiger partial charge in [-0.15, -0.1) is 0 Å². The van der Waals surface area contributed by atoms with Crippen LogP contribution in [0.1, 0.15) is 16.7 Å². The molecule has 7 nitrogen and oxygen atoms in total. The van der Waals surface area contributed by atoms with Gasteiger partial charge in [0.2, 0.25) is 11.8 Å². The monoisotopic (exact) mass is 459 g/mol. The van der Waals surface area contributed by atoms with Crippen molar-refractivity contribution in [1.82, 2.24) is 15.5 Å². The Balaban J connectivity index is 1.56. The highest BCUT2D eigenvalue weighted by Gasteiger charge is 2.24. The summed E-state index contributed by atoms with van der Waals surface area (Å²) in [6.45, 7) is 0.229. The first-order chi connectivity index (χ1) is 16.5. The minimum atomic E-state index is -0.772. The molecule has 3 rings (SSSR count). The summed E-state index contributed by atoms with van der Waals surface area (Å²) in [5.41, 5.74) is 2.76. The molecule has 0 aliphatic rings. The van der Waals surface area contributed by atoms with E-state index in [4.69, 9.17) is 4.74 Å². The molecule has 2 N–H and O–H groups in total. The van der Waals surface area contributed by atoms with Crippen LogP contribution in [0.15, 0.2) is 91.0 Å². The number of carbonyl (C=O) groups excluding carboxylic acids is 3. The van der Waals surface area contributed by atoms with Crippen LogP contribution in [0.5, 0.6) is 0 Å². The Morgan fingerprint density at radius 3 is 1.91 bits per heavy atom. The second kappa shape index (κ2) is 12.8. The number of amides is 3. The van der Waals surface area contributed by atoms with Crippen LogP contribution in [0.3, 0.4) is 0 Å². The highest BCUT2D eigenvalue weighted by Crippen LogP contribution is 2.09. The molecule has 0 unspecified atom stereocenters. The Kier molecular flexibility index (Phi) is 9.22. The van der Waals surface area contributed by atoms with Crippen LogP contribution in [-0.4, -0.2) is 42.4 Å². The van der Waals surface area contributed by atoms with E-state index < -0.39 is 18.0 Å². The molecule has 1 atom stereocenters. The molecule has 3 aromatic rings. The molecule has 0 aromatic heterocycles. The van der Waals surface area contributed by atoms with Gasteiger partial charge in [0.15, 0.2) is 0 Å². The highest BCUT2D eigenvalue weighted by atomic mass is 16.5. The molecule has 0 spiro atoms. The standard InChI is InChI=1S/C27H29N3O4/c1-30(19-22-13-7-3-8-14-22)26(32)24(17-21-11-5-2-6-12-21)29-25(31)18-28-27(33)34-20-23-15-9-4-10-16-23/h2-16,24H,17-20H2,1H3,(H,28,33)(H,29,31)/t24-/m0/s1. The number of hydrogen-bond acceptors (Lipinski definition) is 4. The first-order valence-corrected chi connectivity index (χ1v) is 11.1. The predicted octanol–water partition coefficient (Wildman–Crippen LogP) is 3.30. The maximum absolute atomic E-state index is 13.2. The summed E-state index contributed by atoms with van der Waals surface area (Å²) < 4.78 is 5.13. The fourth-order valence-corrected chi connectivity index (χ4v) is 3.42. The number of likely N-dealkylation sites (N-methyl/N-ethyl adjacent to an activating group) is 1. The Bertz CT molecular complexity index is 1060. The van der Waals surface area contributed by atoms with Crippen molar-refractivity contribution < 1.29 is 19.1 Å². The number of nitrogens with zero attached hydrogens (tertiary/aromatic N) is 1. The SMILES string of the molecule is CN(Cc1ccccc1)C(=O)[C@H](Cc1ccccc1)NC(=O)CNC(=O)OCc1ccccc1. The zero-order chi connectivity index (χ0) is 24.2. The van der Waals surface area contributed by atoms with Crippen LogP contribution < -0.4 is 10.6 Å². The molecule has 0 saturated heterocycles. The lowest BCUT2D eigenvalue weighted by Gasteiger charge is -2.25.